The van der Waals surface area contributed by atoms with Crippen LogP contribution < -0.4 is 10.6 Å². The van der Waals surface area contributed by atoms with E-state index in [0.717, 1.165) is 11.4 Å². The zero-order chi connectivity index (χ0) is 23.7. The number of hydrogen-bond donors (Lipinski definition) is 2. The summed E-state index contributed by atoms with van der Waals surface area (Å²) in [5.41, 5.74) is 5.44. The lowest BCUT2D eigenvalue weighted by Crippen LogP contribution is -2.37. The summed E-state index contributed by atoms with van der Waals surface area (Å²) in [6, 6.07) is 18.1. The molecule has 1 aromatic carbocycles. The molecule has 6 nitrogen and oxygen atoms in total. The third-order valence-corrected chi connectivity index (χ3v) is 7.45. The molecule has 5 rings (SSSR count). The highest BCUT2D eigenvalue weighted by molar-refractivity contribution is 7.80. The molecule has 2 aliphatic rings. The second-order valence-corrected chi connectivity index (χ2v) is 9.69. The Morgan fingerprint density at radius 1 is 1.12 bits per heavy atom. The molecule has 3 heterocycles. The SMILES string of the molecule is Cc1cc([C@H]2[C@@H](c3ccccn3)NC(=S)N2CC(=O)Nc2ccccc2)c(C)n1C1CCCC1. The van der Waals surface area contributed by atoms with Crippen LogP contribution in [0.3, 0.4) is 0 Å². The van der Waals surface area contributed by atoms with Crippen LogP contribution in [0.4, 0.5) is 5.69 Å². The van der Waals surface area contributed by atoms with E-state index < -0.39 is 0 Å². The molecular formula is C27H31N5OS. The van der Waals surface area contributed by atoms with Crippen LogP contribution in [0.5, 0.6) is 0 Å². The number of thiocarbonyl (C=S) groups is 1. The number of aromatic nitrogens is 2. The predicted molar refractivity (Wildman–Crippen MR) is 139 cm³/mol. The van der Waals surface area contributed by atoms with Crippen molar-refractivity contribution in [3.8, 4) is 0 Å². The summed E-state index contributed by atoms with van der Waals surface area (Å²) < 4.78 is 2.50. The van der Waals surface area contributed by atoms with E-state index in [-0.39, 0.29) is 24.5 Å². The van der Waals surface area contributed by atoms with Gasteiger partial charge in [0.2, 0.25) is 5.91 Å². The number of aryl methyl sites for hydroxylation is 1. The second-order valence-electron chi connectivity index (χ2n) is 9.30. The van der Waals surface area contributed by atoms with Gasteiger partial charge in [-0.15, -0.1) is 0 Å². The number of amides is 1. The highest BCUT2D eigenvalue weighted by atomic mass is 32.1. The lowest BCUT2D eigenvalue weighted by atomic mass is 9.96. The van der Waals surface area contributed by atoms with Crippen LogP contribution in [0.15, 0.2) is 60.8 Å². The van der Waals surface area contributed by atoms with Crippen molar-refractivity contribution in [1.29, 1.82) is 0 Å². The fourth-order valence-corrected chi connectivity index (χ4v) is 5.92. The van der Waals surface area contributed by atoms with E-state index in [9.17, 15) is 4.79 Å². The van der Waals surface area contributed by atoms with Crippen LogP contribution in [0, 0.1) is 13.8 Å². The Morgan fingerprint density at radius 2 is 1.85 bits per heavy atom. The van der Waals surface area contributed by atoms with Gasteiger partial charge in [-0.1, -0.05) is 37.1 Å². The number of para-hydroxylation sites is 1. The quantitative estimate of drug-likeness (QED) is 0.480. The summed E-state index contributed by atoms with van der Waals surface area (Å²) in [5.74, 6) is -0.0911. The van der Waals surface area contributed by atoms with Gasteiger partial charge in [0.1, 0.15) is 6.54 Å². The Kier molecular flexibility index (Phi) is 6.37. The Hall–Kier alpha value is -3.19. The van der Waals surface area contributed by atoms with Gasteiger partial charge < -0.3 is 20.1 Å². The number of benzene rings is 1. The zero-order valence-corrected chi connectivity index (χ0v) is 20.5. The van der Waals surface area contributed by atoms with E-state index in [2.05, 4.69) is 40.1 Å². The summed E-state index contributed by atoms with van der Waals surface area (Å²) in [4.78, 5) is 19.7. The molecule has 0 bridgehead atoms. The lowest BCUT2D eigenvalue weighted by Gasteiger charge is -2.28. The first-order valence-corrected chi connectivity index (χ1v) is 12.4. The molecule has 0 spiro atoms. The van der Waals surface area contributed by atoms with Crippen LogP contribution in [0.1, 0.15) is 66.5 Å². The molecule has 176 valence electrons. The predicted octanol–water partition coefficient (Wildman–Crippen LogP) is 5.23. The molecule has 0 radical (unpaired) electrons. The number of rotatable bonds is 6. The van der Waals surface area contributed by atoms with E-state index in [1.165, 1.54) is 42.6 Å². The Morgan fingerprint density at radius 3 is 2.56 bits per heavy atom. The van der Waals surface area contributed by atoms with Crippen LogP contribution in [0.2, 0.25) is 0 Å². The first-order valence-electron chi connectivity index (χ1n) is 12.0. The van der Waals surface area contributed by atoms with Crippen molar-refractivity contribution in [2.24, 2.45) is 0 Å². The number of pyridine rings is 1. The van der Waals surface area contributed by atoms with Crippen LogP contribution >= 0.6 is 12.2 Å². The van der Waals surface area contributed by atoms with E-state index in [0.29, 0.717) is 11.2 Å². The number of carbonyl (C=O) groups is 1. The van der Waals surface area contributed by atoms with Crippen molar-refractivity contribution in [3.63, 3.8) is 0 Å². The van der Waals surface area contributed by atoms with E-state index in [1.54, 1.807) is 0 Å². The van der Waals surface area contributed by atoms with Gasteiger partial charge in [-0.25, -0.2) is 0 Å². The molecule has 0 unspecified atom stereocenters. The van der Waals surface area contributed by atoms with Crippen molar-refractivity contribution in [2.75, 3.05) is 11.9 Å². The molecule has 1 amide bonds. The third kappa shape index (κ3) is 4.32. The number of anilines is 1. The van der Waals surface area contributed by atoms with Gasteiger partial charge in [0, 0.05) is 29.3 Å². The van der Waals surface area contributed by atoms with Gasteiger partial charge in [0.25, 0.3) is 0 Å². The zero-order valence-electron chi connectivity index (χ0n) is 19.7. The molecule has 2 aromatic heterocycles. The van der Waals surface area contributed by atoms with Crippen LogP contribution in [-0.2, 0) is 4.79 Å². The van der Waals surface area contributed by atoms with Crippen molar-refractivity contribution >= 4 is 28.9 Å². The molecule has 1 saturated carbocycles. The molecule has 2 N–H and O–H groups in total. The Bertz CT molecular complexity index is 1170. The largest absolute Gasteiger partial charge is 0.352 e. The summed E-state index contributed by atoms with van der Waals surface area (Å²) in [6.07, 6.45) is 6.83. The van der Waals surface area contributed by atoms with Crippen molar-refractivity contribution in [2.45, 2.75) is 57.7 Å². The van der Waals surface area contributed by atoms with E-state index >= 15 is 0 Å². The number of hydrogen-bond acceptors (Lipinski definition) is 3. The Labute approximate surface area is 206 Å². The van der Waals surface area contributed by atoms with Crippen molar-refractivity contribution < 1.29 is 4.79 Å². The normalized spacial score (nSPS) is 20.5. The van der Waals surface area contributed by atoms with Crippen molar-refractivity contribution in [1.82, 2.24) is 19.8 Å². The molecular weight excluding hydrogens is 442 g/mol. The summed E-state index contributed by atoms with van der Waals surface area (Å²) in [6.45, 7) is 4.57. The van der Waals surface area contributed by atoms with E-state index in [1.807, 2.05) is 59.6 Å². The number of nitrogens with one attached hydrogen (secondary N) is 2. The second kappa shape index (κ2) is 9.58. The standard InChI is InChI=1S/C27H31N5OS/c1-18-16-22(19(2)32(18)21-12-6-7-13-21)26-25(23-14-8-9-15-28-23)30-27(34)31(26)17-24(33)29-20-10-4-3-5-11-20/h3-5,8-11,14-16,21,25-26H,6-7,12-13,17H2,1-2H3,(H,29,33)(H,30,34)/t25-,26+/m1/s1. The molecule has 1 aliphatic carbocycles. The molecule has 1 saturated heterocycles. The smallest absolute Gasteiger partial charge is 0.244 e. The minimum atomic E-state index is -0.129. The van der Waals surface area contributed by atoms with Crippen LogP contribution in [0.25, 0.3) is 0 Å². The van der Waals surface area contributed by atoms with E-state index in [4.69, 9.17) is 12.2 Å². The van der Waals surface area contributed by atoms with Gasteiger partial charge in [-0.2, -0.15) is 0 Å². The molecule has 34 heavy (non-hydrogen) atoms. The summed E-state index contributed by atoms with van der Waals surface area (Å²) in [5, 5.41) is 7.05. The third-order valence-electron chi connectivity index (χ3n) is 7.10. The minimum absolute atomic E-state index is 0.0911. The monoisotopic (exact) mass is 473 g/mol. The first-order chi connectivity index (χ1) is 16.5. The topological polar surface area (TPSA) is 62.2 Å². The van der Waals surface area contributed by atoms with Crippen LogP contribution in [-0.4, -0.2) is 32.0 Å². The number of nitrogens with zero attached hydrogens (tertiary/aromatic N) is 3. The van der Waals surface area contributed by atoms with Gasteiger partial charge in [-0.05, 0) is 74.8 Å². The first kappa shape index (κ1) is 22.6. The van der Waals surface area contributed by atoms with Gasteiger partial charge in [0.05, 0.1) is 17.8 Å². The molecule has 2 atom stereocenters. The highest BCUT2D eigenvalue weighted by Gasteiger charge is 2.42. The maximum atomic E-state index is 13.0. The molecule has 7 heteroatoms. The van der Waals surface area contributed by atoms with Gasteiger partial charge >= 0.3 is 0 Å². The fourth-order valence-electron chi connectivity index (χ4n) is 5.62. The maximum Gasteiger partial charge on any atom is 0.244 e. The fraction of sp³-hybridized carbons (Fsp3) is 0.370. The molecule has 3 aromatic rings. The van der Waals surface area contributed by atoms with Gasteiger partial charge in [0.15, 0.2) is 5.11 Å². The molecule has 1 aliphatic heterocycles. The van der Waals surface area contributed by atoms with Gasteiger partial charge in [-0.3, -0.25) is 9.78 Å². The average Bonchev–Trinajstić information content (AvgIpc) is 3.54. The number of carbonyl (C=O) groups excluding carboxylic acids is 1. The summed E-state index contributed by atoms with van der Waals surface area (Å²) in [7, 11) is 0. The molecule has 2 fully saturated rings. The van der Waals surface area contributed by atoms with Crippen molar-refractivity contribution in [3.05, 3.63) is 83.4 Å². The summed E-state index contributed by atoms with van der Waals surface area (Å²) >= 11 is 5.77. The highest BCUT2D eigenvalue weighted by Crippen LogP contribution is 2.42. The Balaban J connectivity index is 1.50. The average molecular weight is 474 g/mol. The minimum Gasteiger partial charge on any atom is -0.352 e. The lowest BCUT2D eigenvalue weighted by molar-refractivity contribution is -0.116. The maximum absolute atomic E-state index is 13.0.